The maximum absolute atomic E-state index is 10.3. The quantitative estimate of drug-likeness (QED) is 0.884. The number of hydrogen-bond donors (Lipinski definition) is 2. The third-order valence-corrected chi connectivity index (χ3v) is 3.83. The highest BCUT2D eigenvalue weighted by Crippen LogP contribution is 2.23. The van der Waals surface area contributed by atoms with Gasteiger partial charge in [0, 0.05) is 39.6 Å². The van der Waals surface area contributed by atoms with Gasteiger partial charge in [0.15, 0.2) is 11.5 Å². The summed E-state index contributed by atoms with van der Waals surface area (Å²) < 4.78 is 5.51. The molecule has 2 heterocycles. The largest absolute Gasteiger partial charge is 0.441 e. The van der Waals surface area contributed by atoms with E-state index in [1.165, 1.54) is 0 Å². The number of oxazole rings is 1. The molecular weight excluding hydrogens is 254 g/mol. The Morgan fingerprint density at radius 3 is 3.00 bits per heavy atom. The molecule has 1 aromatic carbocycles. The molecule has 3 rings (SSSR count). The molecule has 5 nitrogen and oxygen atoms in total. The summed E-state index contributed by atoms with van der Waals surface area (Å²) in [7, 11) is 0. The second-order valence-corrected chi connectivity index (χ2v) is 5.36. The van der Waals surface area contributed by atoms with E-state index in [-0.39, 0.29) is 0 Å². The summed E-state index contributed by atoms with van der Waals surface area (Å²) in [5.74, 6) is 0.660. The van der Waals surface area contributed by atoms with E-state index in [4.69, 9.17) is 4.42 Å². The summed E-state index contributed by atoms with van der Waals surface area (Å²) in [5, 5.41) is 13.6. The fraction of sp³-hybridized carbons (Fsp3) is 0.533. The summed E-state index contributed by atoms with van der Waals surface area (Å²) in [5.41, 5.74) is 2.51. The normalized spacial score (nSPS) is 18.5. The molecule has 0 radical (unpaired) electrons. The van der Waals surface area contributed by atoms with E-state index in [1.54, 1.807) is 0 Å². The summed E-state index contributed by atoms with van der Waals surface area (Å²) >= 11 is 0. The van der Waals surface area contributed by atoms with E-state index in [0.29, 0.717) is 5.89 Å². The SMILES string of the molecule is Cc1nc2ccc(C(O)CCN3CCNCC3)cc2o1. The number of aryl methyl sites for hydroxylation is 1. The highest BCUT2D eigenvalue weighted by molar-refractivity contribution is 5.73. The average molecular weight is 275 g/mol. The smallest absolute Gasteiger partial charge is 0.192 e. The molecule has 0 amide bonds. The Hall–Kier alpha value is -1.43. The van der Waals surface area contributed by atoms with Crippen molar-refractivity contribution in [3.8, 4) is 0 Å². The second-order valence-electron chi connectivity index (χ2n) is 5.36. The number of aliphatic hydroxyl groups excluding tert-OH is 1. The Kier molecular flexibility index (Phi) is 4.00. The summed E-state index contributed by atoms with van der Waals surface area (Å²) in [6.07, 6.45) is 0.304. The van der Waals surface area contributed by atoms with Crippen LogP contribution in [0.2, 0.25) is 0 Å². The van der Waals surface area contributed by atoms with Gasteiger partial charge in [-0.25, -0.2) is 4.98 Å². The van der Waals surface area contributed by atoms with Gasteiger partial charge in [-0.2, -0.15) is 0 Å². The van der Waals surface area contributed by atoms with Crippen LogP contribution in [0.15, 0.2) is 22.6 Å². The van der Waals surface area contributed by atoms with Crippen LogP contribution in [0.1, 0.15) is 24.0 Å². The van der Waals surface area contributed by atoms with Crippen molar-refractivity contribution in [3.63, 3.8) is 0 Å². The van der Waals surface area contributed by atoms with Gasteiger partial charge in [0.1, 0.15) is 5.52 Å². The lowest BCUT2D eigenvalue weighted by Gasteiger charge is -2.27. The van der Waals surface area contributed by atoms with E-state index < -0.39 is 6.10 Å². The summed E-state index contributed by atoms with van der Waals surface area (Å²) in [4.78, 5) is 6.66. The van der Waals surface area contributed by atoms with E-state index in [1.807, 2.05) is 25.1 Å². The minimum atomic E-state index is -0.445. The molecule has 1 fully saturated rings. The monoisotopic (exact) mass is 275 g/mol. The van der Waals surface area contributed by atoms with Crippen molar-refractivity contribution in [1.29, 1.82) is 0 Å². The number of piperazine rings is 1. The van der Waals surface area contributed by atoms with Crippen molar-refractivity contribution in [2.75, 3.05) is 32.7 Å². The molecule has 20 heavy (non-hydrogen) atoms. The van der Waals surface area contributed by atoms with Crippen LogP contribution in [-0.4, -0.2) is 47.7 Å². The number of aromatic nitrogens is 1. The first-order valence-electron chi connectivity index (χ1n) is 7.20. The van der Waals surface area contributed by atoms with E-state index in [2.05, 4.69) is 15.2 Å². The fourth-order valence-electron chi connectivity index (χ4n) is 2.67. The zero-order valence-corrected chi connectivity index (χ0v) is 11.8. The first kappa shape index (κ1) is 13.5. The standard InChI is InChI=1S/C15H21N3O2/c1-11-17-13-3-2-12(10-15(13)20-11)14(19)4-7-18-8-5-16-6-9-18/h2-3,10,14,16,19H,4-9H2,1H3. The highest BCUT2D eigenvalue weighted by atomic mass is 16.3. The molecule has 1 aliphatic rings. The lowest BCUT2D eigenvalue weighted by Crippen LogP contribution is -2.44. The van der Waals surface area contributed by atoms with Crippen LogP contribution < -0.4 is 5.32 Å². The molecule has 2 aromatic rings. The van der Waals surface area contributed by atoms with Crippen LogP contribution in [0.25, 0.3) is 11.1 Å². The van der Waals surface area contributed by atoms with Gasteiger partial charge in [0.05, 0.1) is 6.10 Å². The molecule has 1 aromatic heterocycles. The molecule has 1 saturated heterocycles. The Balaban J connectivity index is 1.63. The minimum absolute atomic E-state index is 0.445. The predicted molar refractivity (Wildman–Crippen MR) is 77.6 cm³/mol. The molecule has 1 unspecified atom stereocenters. The average Bonchev–Trinajstić information content (AvgIpc) is 2.85. The number of hydrogen-bond acceptors (Lipinski definition) is 5. The van der Waals surface area contributed by atoms with Crippen molar-refractivity contribution in [1.82, 2.24) is 15.2 Å². The van der Waals surface area contributed by atoms with Crippen LogP contribution in [0.4, 0.5) is 0 Å². The Morgan fingerprint density at radius 2 is 2.20 bits per heavy atom. The Morgan fingerprint density at radius 1 is 1.40 bits per heavy atom. The predicted octanol–water partition coefficient (Wildman–Crippen LogP) is 1.46. The van der Waals surface area contributed by atoms with E-state index in [0.717, 1.165) is 55.8 Å². The van der Waals surface area contributed by atoms with Gasteiger partial charge < -0.3 is 19.7 Å². The molecule has 0 spiro atoms. The topological polar surface area (TPSA) is 61.5 Å². The van der Waals surface area contributed by atoms with Gasteiger partial charge in [0.25, 0.3) is 0 Å². The van der Waals surface area contributed by atoms with Crippen molar-refractivity contribution in [2.24, 2.45) is 0 Å². The maximum Gasteiger partial charge on any atom is 0.192 e. The number of nitrogens with zero attached hydrogens (tertiary/aromatic N) is 2. The molecule has 5 heteroatoms. The second kappa shape index (κ2) is 5.91. The molecule has 0 saturated carbocycles. The van der Waals surface area contributed by atoms with Gasteiger partial charge in [0.2, 0.25) is 0 Å². The van der Waals surface area contributed by atoms with Gasteiger partial charge in [-0.1, -0.05) is 6.07 Å². The molecule has 2 N–H and O–H groups in total. The van der Waals surface area contributed by atoms with Crippen LogP contribution >= 0.6 is 0 Å². The molecular formula is C15H21N3O2. The summed E-state index contributed by atoms with van der Waals surface area (Å²) in [6, 6.07) is 5.75. The van der Waals surface area contributed by atoms with Crippen LogP contribution in [0, 0.1) is 6.92 Å². The van der Waals surface area contributed by atoms with Gasteiger partial charge in [-0.05, 0) is 24.1 Å². The fourth-order valence-corrected chi connectivity index (χ4v) is 2.67. The zero-order valence-electron chi connectivity index (χ0n) is 11.8. The van der Waals surface area contributed by atoms with Gasteiger partial charge >= 0.3 is 0 Å². The molecule has 0 bridgehead atoms. The maximum atomic E-state index is 10.3. The van der Waals surface area contributed by atoms with Crippen LogP contribution in [0.3, 0.4) is 0 Å². The molecule has 1 aliphatic heterocycles. The summed E-state index contributed by atoms with van der Waals surface area (Å²) in [6.45, 7) is 6.97. The lowest BCUT2D eigenvalue weighted by molar-refractivity contribution is 0.137. The van der Waals surface area contributed by atoms with Gasteiger partial charge in [-0.3, -0.25) is 0 Å². The third-order valence-electron chi connectivity index (χ3n) is 3.83. The van der Waals surface area contributed by atoms with Crippen molar-refractivity contribution in [3.05, 3.63) is 29.7 Å². The van der Waals surface area contributed by atoms with Crippen molar-refractivity contribution < 1.29 is 9.52 Å². The van der Waals surface area contributed by atoms with E-state index >= 15 is 0 Å². The number of fused-ring (bicyclic) bond motifs is 1. The minimum Gasteiger partial charge on any atom is -0.441 e. The highest BCUT2D eigenvalue weighted by Gasteiger charge is 2.14. The number of nitrogens with one attached hydrogen (secondary N) is 1. The van der Waals surface area contributed by atoms with Gasteiger partial charge in [-0.15, -0.1) is 0 Å². The van der Waals surface area contributed by atoms with Crippen LogP contribution in [-0.2, 0) is 0 Å². The number of aliphatic hydroxyl groups is 1. The number of benzene rings is 1. The van der Waals surface area contributed by atoms with Crippen molar-refractivity contribution >= 4 is 11.1 Å². The van der Waals surface area contributed by atoms with Crippen LogP contribution in [0.5, 0.6) is 0 Å². The lowest BCUT2D eigenvalue weighted by atomic mass is 10.1. The first-order chi connectivity index (χ1) is 9.72. The molecule has 0 aliphatic carbocycles. The Labute approximate surface area is 118 Å². The number of rotatable bonds is 4. The van der Waals surface area contributed by atoms with Crippen molar-refractivity contribution in [2.45, 2.75) is 19.4 Å². The van der Waals surface area contributed by atoms with E-state index in [9.17, 15) is 5.11 Å². The molecule has 108 valence electrons. The zero-order chi connectivity index (χ0) is 13.9. The third kappa shape index (κ3) is 3.00. The molecule has 1 atom stereocenters. The Bertz CT molecular complexity index is 576. The first-order valence-corrected chi connectivity index (χ1v) is 7.20.